The Morgan fingerprint density at radius 2 is 1.67 bits per heavy atom. The van der Waals surface area contributed by atoms with Gasteiger partial charge in [-0.15, -0.1) is 0 Å². The van der Waals surface area contributed by atoms with Crippen molar-refractivity contribution in [2.75, 3.05) is 13.1 Å². The molecule has 110 valence electrons. The van der Waals surface area contributed by atoms with Gasteiger partial charge in [-0.2, -0.15) is 0 Å². The number of carbonyl (C=O) groups excluding carboxylic acids is 1. The predicted molar refractivity (Wildman–Crippen MR) is 76.6 cm³/mol. The van der Waals surface area contributed by atoms with Crippen LogP contribution < -0.4 is 5.73 Å². The third kappa shape index (κ3) is 4.10. The lowest BCUT2D eigenvalue weighted by Crippen LogP contribution is -2.35. The van der Waals surface area contributed by atoms with E-state index in [1.54, 1.807) is 0 Å². The monoisotopic (exact) mass is 290 g/mol. The molecule has 5 heteroatoms. The van der Waals surface area contributed by atoms with Crippen molar-refractivity contribution in [2.45, 2.75) is 6.54 Å². The van der Waals surface area contributed by atoms with Gasteiger partial charge in [-0.05, 0) is 17.7 Å². The number of rotatable bonds is 5. The van der Waals surface area contributed by atoms with E-state index in [1.165, 1.54) is 4.90 Å². The molecule has 0 spiro atoms. The number of amides is 1. The molecule has 2 N–H and O–H groups in total. The molecule has 0 radical (unpaired) electrons. The largest absolute Gasteiger partial charge is 0.333 e. The van der Waals surface area contributed by atoms with Crippen LogP contribution in [0.4, 0.5) is 8.78 Å². The van der Waals surface area contributed by atoms with Crippen molar-refractivity contribution in [3.63, 3.8) is 0 Å². The van der Waals surface area contributed by atoms with Crippen molar-refractivity contribution < 1.29 is 13.6 Å². The van der Waals surface area contributed by atoms with Gasteiger partial charge in [-0.25, -0.2) is 8.78 Å². The van der Waals surface area contributed by atoms with Gasteiger partial charge in [0.25, 0.3) is 5.91 Å². The van der Waals surface area contributed by atoms with Crippen LogP contribution in [0.15, 0.2) is 48.5 Å². The van der Waals surface area contributed by atoms with Gasteiger partial charge in [-0.1, -0.05) is 30.3 Å². The first kappa shape index (κ1) is 15.1. The fraction of sp³-hybridized carbons (Fsp3) is 0.188. The zero-order valence-electron chi connectivity index (χ0n) is 11.4. The van der Waals surface area contributed by atoms with E-state index in [0.29, 0.717) is 13.1 Å². The molecular weight excluding hydrogens is 274 g/mol. The molecule has 0 bridgehead atoms. The molecule has 0 saturated carbocycles. The summed E-state index contributed by atoms with van der Waals surface area (Å²) in [7, 11) is 0. The Kier molecular flexibility index (Phi) is 5.00. The lowest BCUT2D eigenvalue weighted by Gasteiger charge is -2.22. The number of nitrogens with zero attached hydrogens (tertiary/aromatic N) is 1. The molecule has 3 nitrogen and oxygen atoms in total. The minimum atomic E-state index is -0.772. The van der Waals surface area contributed by atoms with Crippen LogP contribution >= 0.6 is 0 Å². The summed E-state index contributed by atoms with van der Waals surface area (Å²) in [5, 5.41) is 0. The third-order valence-corrected chi connectivity index (χ3v) is 3.01. The van der Waals surface area contributed by atoms with Crippen molar-refractivity contribution in [3.8, 4) is 0 Å². The van der Waals surface area contributed by atoms with Crippen LogP contribution in [0, 0.1) is 11.6 Å². The van der Waals surface area contributed by atoms with Crippen molar-refractivity contribution in [1.29, 1.82) is 0 Å². The van der Waals surface area contributed by atoms with Crippen molar-refractivity contribution in [3.05, 3.63) is 71.3 Å². The summed E-state index contributed by atoms with van der Waals surface area (Å²) in [6.07, 6.45) is 0. The second-order valence-corrected chi connectivity index (χ2v) is 4.66. The molecule has 2 aromatic carbocycles. The van der Waals surface area contributed by atoms with Crippen LogP contribution in [0.2, 0.25) is 0 Å². The Labute approximate surface area is 122 Å². The molecule has 0 saturated heterocycles. The lowest BCUT2D eigenvalue weighted by molar-refractivity contribution is 0.0747. The average Bonchev–Trinajstić information content (AvgIpc) is 2.46. The highest BCUT2D eigenvalue weighted by atomic mass is 19.1. The Hall–Kier alpha value is -2.27. The fourth-order valence-electron chi connectivity index (χ4n) is 2.07. The summed E-state index contributed by atoms with van der Waals surface area (Å²) < 4.78 is 26.5. The van der Waals surface area contributed by atoms with E-state index in [9.17, 15) is 13.6 Å². The highest BCUT2D eigenvalue weighted by Gasteiger charge is 2.17. The maximum atomic E-state index is 13.2. The SMILES string of the molecule is NCCN(Cc1ccccc1)C(=O)c1cc(F)cc(F)c1. The number of halogens is 2. The standard InChI is InChI=1S/C16H16F2N2O/c17-14-8-13(9-15(18)10-14)16(21)20(7-6-19)11-12-4-2-1-3-5-12/h1-5,8-10H,6-7,11,19H2. The molecule has 21 heavy (non-hydrogen) atoms. The first-order chi connectivity index (χ1) is 10.1. The molecule has 0 aliphatic heterocycles. The molecular formula is C16H16F2N2O. The minimum absolute atomic E-state index is 0.0168. The molecule has 0 fully saturated rings. The topological polar surface area (TPSA) is 46.3 Å². The van der Waals surface area contributed by atoms with Crippen LogP contribution in [0.3, 0.4) is 0 Å². The van der Waals surface area contributed by atoms with Crippen LogP contribution in [-0.4, -0.2) is 23.9 Å². The van der Waals surface area contributed by atoms with Gasteiger partial charge in [0, 0.05) is 31.3 Å². The normalized spacial score (nSPS) is 10.4. The maximum absolute atomic E-state index is 13.2. The molecule has 2 rings (SSSR count). The van der Waals surface area contributed by atoms with Gasteiger partial charge < -0.3 is 10.6 Å². The summed E-state index contributed by atoms with van der Waals surface area (Å²) in [6, 6.07) is 12.2. The number of hydrogen-bond acceptors (Lipinski definition) is 2. The van der Waals surface area contributed by atoms with Crippen molar-refractivity contribution in [2.24, 2.45) is 5.73 Å². The quantitative estimate of drug-likeness (QED) is 0.920. The molecule has 0 aliphatic rings. The summed E-state index contributed by atoms with van der Waals surface area (Å²) in [5.74, 6) is -1.99. The average molecular weight is 290 g/mol. The number of nitrogens with two attached hydrogens (primary N) is 1. The summed E-state index contributed by atoms with van der Waals surface area (Å²) >= 11 is 0. The summed E-state index contributed by atoms with van der Waals surface area (Å²) in [5.41, 5.74) is 6.43. The molecule has 2 aromatic rings. The highest BCUT2D eigenvalue weighted by Crippen LogP contribution is 2.13. The second kappa shape index (κ2) is 6.95. The fourth-order valence-corrected chi connectivity index (χ4v) is 2.07. The molecule has 0 atom stereocenters. The molecule has 1 amide bonds. The Morgan fingerprint density at radius 1 is 1.05 bits per heavy atom. The smallest absolute Gasteiger partial charge is 0.254 e. The van der Waals surface area contributed by atoms with Gasteiger partial charge in [-0.3, -0.25) is 4.79 Å². The number of hydrogen-bond donors (Lipinski definition) is 1. The van der Waals surface area contributed by atoms with Crippen LogP contribution in [0.5, 0.6) is 0 Å². The van der Waals surface area contributed by atoms with Gasteiger partial charge in [0.05, 0.1) is 0 Å². The minimum Gasteiger partial charge on any atom is -0.333 e. The van der Waals surface area contributed by atoms with Gasteiger partial charge >= 0.3 is 0 Å². The Bertz CT molecular complexity index is 597. The van der Waals surface area contributed by atoms with Crippen molar-refractivity contribution >= 4 is 5.91 Å². The van der Waals surface area contributed by atoms with Gasteiger partial charge in [0.15, 0.2) is 0 Å². The Morgan fingerprint density at radius 3 is 2.24 bits per heavy atom. The lowest BCUT2D eigenvalue weighted by atomic mass is 10.1. The number of carbonyl (C=O) groups is 1. The highest BCUT2D eigenvalue weighted by molar-refractivity contribution is 5.94. The van der Waals surface area contributed by atoms with Crippen LogP contribution in [0.1, 0.15) is 15.9 Å². The molecule has 0 aromatic heterocycles. The zero-order chi connectivity index (χ0) is 15.2. The van der Waals surface area contributed by atoms with E-state index in [0.717, 1.165) is 23.8 Å². The summed E-state index contributed by atoms with van der Waals surface area (Å²) in [6.45, 7) is 0.928. The zero-order valence-corrected chi connectivity index (χ0v) is 11.4. The van der Waals surface area contributed by atoms with Gasteiger partial charge in [0.2, 0.25) is 0 Å². The number of benzene rings is 2. The van der Waals surface area contributed by atoms with E-state index < -0.39 is 17.5 Å². The molecule has 0 aliphatic carbocycles. The maximum Gasteiger partial charge on any atom is 0.254 e. The van der Waals surface area contributed by atoms with E-state index in [2.05, 4.69) is 0 Å². The van der Waals surface area contributed by atoms with Crippen molar-refractivity contribution in [1.82, 2.24) is 4.90 Å². The third-order valence-electron chi connectivity index (χ3n) is 3.01. The first-order valence-corrected chi connectivity index (χ1v) is 6.59. The van der Waals surface area contributed by atoms with E-state index in [4.69, 9.17) is 5.73 Å². The van der Waals surface area contributed by atoms with E-state index >= 15 is 0 Å². The first-order valence-electron chi connectivity index (χ1n) is 6.59. The van der Waals surface area contributed by atoms with Gasteiger partial charge in [0.1, 0.15) is 11.6 Å². The van der Waals surface area contributed by atoms with E-state index in [1.807, 2.05) is 30.3 Å². The van der Waals surface area contributed by atoms with Crippen LogP contribution in [-0.2, 0) is 6.54 Å². The summed E-state index contributed by atoms with van der Waals surface area (Å²) in [4.78, 5) is 13.9. The van der Waals surface area contributed by atoms with Crippen LogP contribution in [0.25, 0.3) is 0 Å². The Balaban J connectivity index is 2.22. The second-order valence-electron chi connectivity index (χ2n) is 4.66. The molecule has 0 unspecified atom stereocenters. The molecule has 0 heterocycles. The predicted octanol–water partition coefficient (Wildman–Crippen LogP) is 2.57. The van der Waals surface area contributed by atoms with E-state index in [-0.39, 0.29) is 12.1 Å².